The average Bonchev–Trinajstić information content (AvgIpc) is 2.40. The number of hydrogen-bond donors (Lipinski definition) is 1. The van der Waals surface area contributed by atoms with Crippen LogP contribution < -0.4 is 5.73 Å². The molecule has 0 aliphatic carbocycles. The van der Waals surface area contributed by atoms with Crippen molar-refractivity contribution in [3.05, 3.63) is 29.6 Å². The molecule has 0 unspecified atom stereocenters. The van der Waals surface area contributed by atoms with Crippen LogP contribution in [0, 0.1) is 5.92 Å². The van der Waals surface area contributed by atoms with E-state index in [9.17, 15) is 0 Å². The number of aromatic nitrogens is 1. The zero-order valence-electron chi connectivity index (χ0n) is 11.1. The van der Waals surface area contributed by atoms with Gasteiger partial charge in [-0.1, -0.05) is 6.07 Å². The summed E-state index contributed by atoms with van der Waals surface area (Å²) in [5.41, 5.74) is 7.97. The molecular formula is C14H23N3O. The van der Waals surface area contributed by atoms with Crippen LogP contribution in [0.25, 0.3) is 0 Å². The fraction of sp³-hybridized carbons (Fsp3) is 0.643. The van der Waals surface area contributed by atoms with Gasteiger partial charge in [0.15, 0.2) is 0 Å². The smallest absolute Gasteiger partial charge is 0.0584 e. The lowest BCUT2D eigenvalue weighted by atomic mass is 9.99. The van der Waals surface area contributed by atoms with Crippen LogP contribution in [0.4, 0.5) is 0 Å². The maximum absolute atomic E-state index is 5.71. The second-order valence-electron chi connectivity index (χ2n) is 5.07. The van der Waals surface area contributed by atoms with Gasteiger partial charge in [0.05, 0.1) is 5.69 Å². The molecule has 4 heteroatoms. The molecule has 1 aromatic heterocycles. The summed E-state index contributed by atoms with van der Waals surface area (Å²) in [6.45, 7) is 4.40. The molecule has 1 aromatic rings. The molecule has 1 fully saturated rings. The average molecular weight is 249 g/mol. The highest BCUT2D eigenvalue weighted by Gasteiger charge is 2.16. The molecule has 0 spiro atoms. The fourth-order valence-corrected chi connectivity index (χ4v) is 2.52. The molecule has 0 atom stereocenters. The third-order valence-electron chi connectivity index (χ3n) is 3.53. The quantitative estimate of drug-likeness (QED) is 0.857. The van der Waals surface area contributed by atoms with E-state index in [1.165, 1.54) is 18.4 Å². The predicted octanol–water partition coefficient (Wildman–Crippen LogP) is 1.40. The third-order valence-corrected chi connectivity index (χ3v) is 3.53. The van der Waals surface area contributed by atoms with Crippen LogP contribution >= 0.6 is 0 Å². The Morgan fingerprint density at radius 1 is 1.44 bits per heavy atom. The highest BCUT2D eigenvalue weighted by molar-refractivity contribution is 5.19. The van der Waals surface area contributed by atoms with Crippen molar-refractivity contribution in [3.63, 3.8) is 0 Å². The topological polar surface area (TPSA) is 51.4 Å². The van der Waals surface area contributed by atoms with Crippen molar-refractivity contribution in [2.75, 3.05) is 26.8 Å². The van der Waals surface area contributed by atoms with Gasteiger partial charge in [-0.25, -0.2) is 0 Å². The molecule has 2 rings (SSSR count). The molecule has 2 heterocycles. The molecule has 1 aliphatic rings. The van der Waals surface area contributed by atoms with Gasteiger partial charge in [0.25, 0.3) is 0 Å². The summed E-state index contributed by atoms with van der Waals surface area (Å²) in [5, 5.41) is 0. The largest absolute Gasteiger partial charge is 0.381 e. The van der Waals surface area contributed by atoms with E-state index in [4.69, 9.17) is 10.5 Å². The molecule has 18 heavy (non-hydrogen) atoms. The highest BCUT2D eigenvalue weighted by atomic mass is 16.5. The first-order valence-electron chi connectivity index (χ1n) is 6.68. The van der Waals surface area contributed by atoms with E-state index in [1.807, 2.05) is 12.3 Å². The number of nitrogens with zero attached hydrogens (tertiary/aromatic N) is 2. The van der Waals surface area contributed by atoms with E-state index in [2.05, 4.69) is 23.0 Å². The van der Waals surface area contributed by atoms with Crippen LogP contribution in [-0.2, 0) is 17.8 Å². The molecule has 0 bridgehead atoms. The summed E-state index contributed by atoms with van der Waals surface area (Å²) in [6, 6.07) is 4.10. The van der Waals surface area contributed by atoms with Gasteiger partial charge in [0, 0.05) is 39.0 Å². The van der Waals surface area contributed by atoms with Gasteiger partial charge >= 0.3 is 0 Å². The minimum atomic E-state index is 0.515. The van der Waals surface area contributed by atoms with Crippen molar-refractivity contribution in [1.82, 2.24) is 9.88 Å². The fourth-order valence-electron chi connectivity index (χ4n) is 2.52. The van der Waals surface area contributed by atoms with Crippen molar-refractivity contribution < 1.29 is 4.74 Å². The van der Waals surface area contributed by atoms with E-state index in [1.54, 1.807) is 0 Å². The van der Waals surface area contributed by atoms with Crippen LogP contribution in [0.15, 0.2) is 18.3 Å². The summed E-state index contributed by atoms with van der Waals surface area (Å²) < 4.78 is 5.39. The molecule has 2 N–H and O–H groups in total. The van der Waals surface area contributed by atoms with Crippen LogP contribution in [0.5, 0.6) is 0 Å². The van der Waals surface area contributed by atoms with Crippen LogP contribution in [0.1, 0.15) is 24.1 Å². The summed E-state index contributed by atoms with van der Waals surface area (Å²) in [7, 11) is 2.17. The number of hydrogen-bond acceptors (Lipinski definition) is 4. The number of pyridine rings is 1. The number of ether oxygens (including phenoxy) is 1. The lowest BCUT2D eigenvalue weighted by Crippen LogP contribution is -2.29. The van der Waals surface area contributed by atoms with Crippen LogP contribution in [0.2, 0.25) is 0 Å². The molecule has 0 amide bonds. The Labute approximate surface area is 109 Å². The van der Waals surface area contributed by atoms with Crippen molar-refractivity contribution >= 4 is 0 Å². The highest BCUT2D eigenvalue weighted by Crippen LogP contribution is 2.17. The van der Waals surface area contributed by atoms with Crippen molar-refractivity contribution in [2.45, 2.75) is 25.9 Å². The Hall–Kier alpha value is -0.970. The van der Waals surface area contributed by atoms with Gasteiger partial charge in [0.1, 0.15) is 0 Å². The minimum Gasteiger partial charge on any atom is -0.381 e. The Morgan fingerprint density at radius 3 is 2.94 bits per heavy atom. The third kappa shape index (κ3) is 3.77. The van der Waals surface area contributed by atoms with Crippen molar-refractivity contribution in [3.8, 4) is 0 Å². The molecule has 1 saturated heterocycles. The van der Waals surface area contributed by atoms with Gasteiger partial charge < -0.3 is 15.4 Å². The van der Waals surface area contributed by atoms with Gasteiger partial charge in [-0.2, -0.15) is 0 Å². The SMILES string of the molecule is CN(Cc1cccnc1CN)CC1CCOCC1. The standard InChI is InChI=1S/C14H23N3O/c1-17(10-12-4-7-18-8-5-12)11-13-3-2-6-16-14(13)9-15/h2-3,6,12H,4-5,7-11,15H2,1H3. The molecular weight excluding hydrogens is 226 g/mol. The van der Waals surface area contributed by atoms with Crippen molar-refractivity contribution in [1.29, 1.82) is 0 Å². The predicted molar refractivity (Wildman–Crippen MR) is 72.0 cm³/mol. The zero-order valence-corrected chi connectivity index (χ0v) is 11.1. The second kappa shape index (κ2) is 6.83. The van der Waals surface area contributed by atoms with E-state index in [0.29, 0.717) is 6.54 Å². The lowest BCUT2D eigenvalue weighted by Gasteiger charge is -2.27. The van der Waals surface area contributed by atoms with Crippen LogP contribution in [-0.4, -0.2) is 36.7 Å². The summed E-state index contributed by atoms with van der Waals surface area (Å²) >= 11 is 0. The molecule has 0 radical (unpaired) electrons. The molecule has 4 nitrogen and oxygen atoms in total. The number of nitrogens with two attached hydrogens (primary N) is 1. The number of rotatable bonds is 5. The zero-order chi connectivity index (χ0) is 12.8. The van der Waals surface area contributed by atoms with E-state index in [0.717, 1.165) is 37.9 Å². The van der Waals surface area contributed by atoms with E-state index >= 15 is 0 Å². The Kier molecular flexibility index (Phi) is 5.11. The monoisotopic (exact) mass is 249 g/mol. The first kappa shape index (κ1) is 13.5. The molecule has 0 aromatic carbocycles. The van der Waals surface area contributed by atoms with E-state index in [-0.39, 0.29) is 0 Å². The van der Waals surface area contributed by atoms with E-state index < -0.39 is 0 Å². The van der Waals surface area contributed by atoms with Crippen molar-refractivity contribution in [2.24, 2.45) is 11.7 Å². The maximum Gasteiger partial charge on any atom is 0.0584 e. The molecule has 0 saturated carbocycles. The Balaban J connectivity index is 1.87. The molecule has 100 valence electrons. The lowest BCUT2D eigenvalue weighted by molar-refractivity contribution is 0.0549. The first-order chi connectivity index (χ1) is 8.79. The Bertz CT molecular complexity index is 364. The van der Waals surface area contributed by atoms with Gasteiger partial charge in [0.2, 0.25) is 0 Å². The second-order valence-corrected chi connectivity index (χ2v) is 5.07. The summed E-state index contributed by atoms with van der Waals surface area (Å²) in [6.07, 6.45) is 4.17. The summed E-state index contributed by atoms with van der Waals surface area (Å²) in [5.74, 6) is 0.766. The maximum atomic E-state index is 5.71. The van der Waals surface area contributed by atoms with Crippen LogP contribution in [0.3, 0.4) is 0 Å². The Morgan fingerprint density at radius 2 is 2.22 bits per heavy atom. The summed E-state index contributed by atoms with van der Waals surface area (Å²) in [4.78, 5) is 6.69. The van der Waals surface area contributed by atoms with Gasteiger partial charge in [-0.15, -0.1) is 0 Å². The normalized spacial score (nSPS) is 17.3. The van der Waals surface area contributed by atoms with Gasteiger partial charge in [-0.05, 0) is 37.4 Å². The first-order valence-corrected chi connectivity index (χ1v) is 6.68. The van der Waals surface area contributed by atoms with Gasteiger partial charge in [-0.3, -0.25) is 4.98 Å². The molecule has 1 aliphatic heterocycles. The minimum absolute atomic E-state index is 0.515.